The molecule has 21 heavy (non-hydrogen) atoms. The number of rotatable bonds is 5. The van der Waals surface area contributed by atoms with Crippen LogP contribution in [0.2, 0.25) is 0 Å². The molecule has 2 rings (SSSR count). The van der Waals surface area contributed by atoms with Crippen LogP contribution in [0.5, 0.6) is 0 Å². The number of carbonyl (C=O) groups excluding carboxylic acids is 2. The average Bonchev–Trinajstić information content (AvgIpc) is 2.54. The number of ether oxygens (including phenoxy) is 1. The van der Waals surface area contributed by atoms with E-state index in [0.717, 1.165) is 12.1 Å². The van der Waals surface area contributed by atoms with Crippen molar-refractivity contribution in [2.75, 3.05) is 33.3 Å². The van der Waals surface area contributed by atoms with Gasteiger partial charge in [0.15, 0.2) is 0 Å². The Balaban J connectivity index is 1.74. The summed E-state index contributed by atoms with van der Waals surface area (Å²) in [4.78, 5) is 25.4. The molecule has 1 heterocycles. The van der Waals surface area contributed by atoms with E-state index in [4.69, 9.17) is 4.74 Å². The van der Waals surface area contributed by atoms with Crippen LogP contribution >= 0.6 is 0 Å². The second-order valence-corrected chi connectivity index (χ2v) is 5.02. The molecule has 114 valence electrons. The molecule has 6 heteroatoms. The Morgan fingerprint density at radius 2 is 2.14 bits per heavy atom. The van der Waals surface area contributed by atoms with Crippen LogP contribution in [-0.4, -0.2) is 56.1 Å². The molecule has 6 nitrogen and oxygen atoms in total. The van der Waals surface area contributed by atoms with Crippen molar-refractivity contribution in [3.05, 3.63) is 35.9 Å². The molecule has 2 amide bonds. The highest BCUT2D eigenvalue weighted by atomic mass is 16.5. The normalized spacial score (nSPS) is 18.0. The lowest BCUT2D eigenvalue weighted by atomic mass is 10.2. The van der Waals surface area contributed by atoms with Gasteiger partial charge in [-0.1, -0.05) is 30.3 Å². The van der Waals surface area contributed by atoms with Gasteiger partial charge in [0.2, 0.25) is 5.91 Å². The maximum atomic E-state index is 12.0. The molecule has 1 fully saturated rings. The highest BCUT2D eigenvalue weighted by Crippen LogP contribution is 2.02. The van der Waals surface area contributed by atoms with Crippen molar-refractivity contribution in [1.29, 1.82) is 0 Å². The zero-order valence-electron chi connectivity index (χ0n) is 12.2. The summed E-state index contributed by atoms with van der Waals surface area (Å²) >= 11 is 0. The van der Waals surface area contributed by atoms with Gasteiger partial charge in [-0.2, -0.15) is 0 Å². The summed E-state index contributed by atoms with van der Waals surface area (Å²) in [5.41, 5.74) is 1.06. The first-order chi connectivity index (χ1) is 10.2. The van der Waals surface area contributed by atoms with E-state index in [1.165, 1.54) is 0 Å². The van der Waals surface area contributed by atoms with Crippen LogP contribution in [0.25, 0.3) is 0 Å². The predicted octanol–water partition coefficient (Wildman–Crippen LogP) is -0.250. The third kappa shape index (κ3) is 4.84. The number of nitrogens with zero attached hydrogens (tertiary/aromatic N) is 1. The van der Waals surface area contributed by atoms with Gasteiger partial charge in [-0.3, -0.25) is 9.59 Å². The SMILES string of the molecule is CN(Cc1ccccc1)C(=O)CNC(=O)C1CNCCO1. The summed E-state index contributed by atoms with van der Waals surface area (Å²) in [5.74, 6) is -0.375. The molecular formula is C15H21N3O3. The van der Waals surface area contributed by atoms with Gasteiger partial charge in [0.25, 0.3) is 5.91 Å². The van der Waals surface area contributed by atoms with Gasteiger partial charge in [0.05, 0.1) is 13.2 Å². The maximum Gasteiger partial charge on any atom is 0.250 e. The van der Waals surface area contributed by atoms with Crippen molar-refractivity contribution in [1.82, 2.24) is 15.5 Å². The predicted molar refractivity (Wildman–Crippen MR) is 78.5 cm³/mol. The number of carbonyl (C=O) groups is 2. The number of morpholine rings is 1. The molecule has 1 aromatic carbocycles. The lowest BCUT2D eigenvalue weighted by molar-refractivity contribution is -0.138. The topological polar surface area (TPSA) is 70.7 Å². The Bertz CT molecular complexity index is 472. The fourth-order valence-corrected chi connectivity index (χ4v) is 2.09. The Morgan fingerprint density at radius 3 is 2.81 bits per heavy atom. The highest BCUT2D eigenvalue weighted by Gasteiger charge is 2.22. The molecule has 1 aliphatic heterocycles. The lowest BCUT2D eigenvalue weighted by Gasteiger charge is -2.23. The number of likely N-dealkylation sites (N-methyl/N-ethyl adjacent to an activating group) is 1. The molecular weight excluding hydrogens is 270 g/mol. The molecule has 1 saturated heterocycles. The first-order valence-corrected chi connectivity index (χ1v) is 7.05. The Labute approximate surface area is 124 Å². The summed E-state index contributed by atoms with van der Waals surface area (Å²) in [6, 6.07) is 9.73. The summed E-state index contributed by atoms with van der Waals surface area (Å²) in [6.45, 7) is 2.27. The molecule has 1 unspecified atom stereocenters. The second kappa shape index (κ2) is 7.75. The minimum absolute atomic E-state index is 0.0119. The quantitative estimate of drug-likeness (QED) is 0.785. The van der Waals surface area contributed by atoms with E-state index >= 15 is 0 Å². The van der Waals surface area contributed by atoms with Crippen LogP contribution in [0.1, 0.15) is 5.56 Å². The molecule has 1 aromatic rings. The van der Waals surface area contributed by atoms with Crippen LogP contribution in [-0.2, 0) is 20.9 Å². The van der Waals surface area contributed by atoms with Gasteiger partial charge in [0.1, 0.15) is 6.10 Å². The number of hydrogen-bond donors (Lipinski definition) is 2. The third-order valence-corrected chi connectivity index (χ3v) is 3.32. The van der Waals surface area contributed by atoms with Crippen LogP contribution < -0.4 is 10.6 Å². The standard InChI is InChI=1S/C15H21N3O3/c1-18(11-12-5-3-2-4-6-12)14(19)10-17-15(20)13-9-16-7-8-21-13/h2-6,13,16H,7-11H2,1H3,(H,17,20). The molecule has 0 aromatic heterocycles. The van der Waals surface area contributed by atoms with Crippen molar-refractivity contribution < 1.29 is 14.3 Å². The van der Waals surface area contributed by atoms with Gasteiger partial charge < -0.3 is 20.3 Å². The van der Waals surface area contributed by atoms with Crippen molar-refractivity contribution >= 4 is 11.8 Å². The largest absolute Gasteiger partial charge is 0.366 e. The molecule has 1 atom stereocenters. The van der Waals surface area contributed by atoms with Crippen LogP contribution in [0.4, 0.5) is 0 Å². The van der Waals surface area contributed by atoms with E-state index in [-0.39, 0.29) is 18.4 Å². The molecule has 0 saturated carbocycles. The second-order valence-electron chi connectivity index (χ2n) is 5.02. The van der Waals surface area contributed by atoms with Gasteiger partial charge >= 0.3 is 0 Å². The minimum Gasteiger partial charge on any atom is -0.366 e. The van der Waals surface area contributed by atoms with Gasteiger partial charge in [-0.25, -0.2) is 0 Å². The third-order valence-electron chi connectivity index (χ3n) is 3.32. The van der Waals surface area contributed by atoms with E-state index < -0.39 is 6.10 Å². The Morgan fingerprint density at radius 1 is 1.38 bits per heavy atom. The number of nitrogens with one attached hydrogen (secondary N) is 2. The fourth-order valence-electron chi connectivity index (χ4n) is 2.09. The smallest absolute Gasteiger partial charge is 0.250 e. The Kier molecular flexibility index (Phi) is 5.71. The number of amides is 2. The molecule has 0 aliphatic carbocycles. The van der Waals surface area contributed by atoms with Crippen LogP contribution in [0.15, 0.2) is 30.3 Å². The summed E-state index contributed by atoms with van der Waals surface area (Å²) in [7, 11) is 1.72. The van der Waals surface area contributed by atoms with Gasteiger partial charge in [-0.05, 0) is 5.56 Å². The van der Waals surface area contributed by atoms with E-state index in [9.17, 15) is 9.59 Å². The first kappa shape index (κ1) is 15.5. The molecule has 0 spiro atoms. The highest BCUT2D eigenvalue weighted by molar-refractivity contribution is 5.87. The summed E-state index contributed by atoms with van der Waals surface area (Å²) in [5, 5.41) is 5.70. The zero-order valence-corrected chi connectivity index (χ0v) is 12.2. The van der Waals surface area contributed by atoms with Crippen LogP contribution in [0.3, 0.4) is 0 Å². The van der Waals surface area contributed by atoms with Crippen molar-refractivity contribution in [3.8, 4) is 0 Å². The summed E-state index contributed by atoms with van der Waals surface area (Å²) in [6.07, 6.45) is -0.508. The van der Waals surface area contributed by atoms with Gasteiger partial charge in [-0.15, -0.1) is 0 Å². The van der Waals surface area contributed by atoms with Crippen molar-refractivity contribution in [3.63, 3.8) is 0 Å². The minimum atomic E-state index is -0.508. The molecule has 2 N–H and O–H groups in total. The van der Waals surface area contributed by atoms with Gasteiger partial charge in [0, 0.05) is 26.7 Å². The van der Waals surface area contributed by atoms with E-state index in [1.54, 1.807) is 11.9 Å². The Hall–Kier alpha value is -1.92. The van der Waals surface area contributed by atoms with E-state index in [1.807, 2.05) is 30.3 Å². The van der Waals surface area contributed by atoms with Crippen molar-refractivity contribution in [2.45, 2.75) is 12.6 Å². The first-order valence-electron chi connectivity index (χ1n) is 7.05. The lowest BCUT2D eigenvalue weighted by Crippen LogP contribution is -2.49. The molecule has 0 bridgehead atoms. The van der Waals surface area contributed by atoms with Crippen molar-refractivity contribution in [2.24, 2.45) is 0 Å². The zero-order chi connectivity index (χ0) is 15.1. The number of benzene rings is 1. The fraction of sp³-hybridized carbons (Fsp3) is 0.467. The monoisotopic (exact) mass is 291 g/mol. The molecule has 1 aliphatic rings. The van der Waals surface area contributed by atoms with E-state index in [2.05, 4.69) is 10.6 Å². The summed E-state index contributed by atoms with van der Waals surface area (Å²) < 4.78 is 5.33. The maximum absolute atomic E-state index is 12.0. The number of hydrogen-bond acceptors (Lipinski definition) is 4. The van der Waals surface area contributed by atoms with Crippen LogP contribution in [0, 0.1) is 0 Å². The van der Waals surface area contributed by atoms with E-state index in [0.29, 0.717) is 19.7 Å². The average molecular weight is 291 g/mol. The molecule has 0 radical (unpaired) electrons.